The molecule has 92 valence electrons. The maximum absolute atomic E-state index is 12.0. The molecule has 3 unspecified atom stereocenters. The first-order valence-electron chi connectivity index (χ1n) is 6.75. The molecule has 0 heterocycles. The van der Waals surface area contributed by atoms with E-state index in [9.17, 15) is 4.79 Å². The van der Waals surface area contributed by atoms with Crippen LogP contribution in [0.25, 0.3) is 0 Å². The van der Waals surface area contributed by atoms with Crippen molar-refractivity contribution in [3.05, 3.63) is 0 Å². The van der Waals surface area contributed by atoms with Crippen molar-refractivity contribution in [2.45, 2.75) is 51.5 Å². The highest BCUT2D eigenvalue weighted by Gasteiger charge is 2.48. The van der Waals surface area contributed by atoms with E-state index in [2.05, 4.69) is 12.2 Å². The zero-order chi connectivity index (χ0) is 11.5. The maximum atomic E-state index is 12.0. The smallest absolute Gasteiger partial charge is 0.223 e. The zero-order valence-electron chi connectivity index (χ0n) is 10.2. The van der Waals surface area contributed by atoms with E-state index in [4.69, 9.17) is 5.73 Å². The zero-order valence-corrected chi connectivity index (χ0v) is 10.2. The molecule has 2 fully saturated rings. The van der Waals surface area contributed by atoms with E-state index in [1.165, 1.54) is 12.8 Å². The Kier molecular flexibility index (Phi) is 3.85. The number of unbranched alkanes of at least 4 members (excludes halogenated alkanes) is 1. The van der Waals surface area contributed by atoms with Gasteiger partial charge in [0.1, 0.15) is 0 Å². The summed E-state index contributed by atoms with van der Waals surface area (Å²) in [6.07, 6.45) is 6.97. The Morgan fingerprint density at radius 2 is 2.06 bits per heavy atom. The summed E-state index contributed by atoms with van der Waals surface area (Å²) in [7, 11) is 0. The molecule has 0 aliphatic heterocycles. The first kappa shape index (κ1) is 11.9. The van der Waals surface area contributed by atoms with Gasteiger partial charge in [-0.1, -0.05) is 19.8 Å². The molecule has 2 aliphatic rings. The average Bonchev–Trinajstić information content (AvgIpc) is 2.91. The standard InChI is InChI=1S/C13H24N2O/c1-2-3-4-12(8-14)15-13(16)11-6-9-5-10(9)7-11/h9-12H,2-8,14H2,1H3,(H,15,16). The van der Waals surface area contributed by atoms with Crippen LogP contribution in [0.4, 0.5) is 0 Å². The van der Waals surface area contributed by atoms with Crippen LogP contribution in [-0.2, 0) is 4.79 Å². The summed E-state index contributed by atoms with van der Waals surface area (Å²) in [6, 6.07) is 0.198. The predicted octanol–water partition coefficient (Wildman–Crippen LogP) is 1.67. The van der Waals surface area contributed by atoms with E-state index < -0.39 is 0 Å². The summed E-state index contributed by atoms with van der Waals surface area (Å²) >= 11 is 0. The van der Waals surface area contributed by atoms with Gasteiger partial charge in [0.15, 0.2) is 0 Å². The van der Waals surface area contributed by atoms with Crippen molar-refractivity contribution >= 4 is 5.91 Å². The van der Waals surface area contributed by atoms with Crippen molar-refractivity contribution in [1.29, 1.82) is 0 Å². The van der Waals surface area contributed by atoms with Crippen LogP contribution in [0.15, 0.2) is 0 Å². The number of nitrogens with two attached hydrogens (primary N) is 1. The van der Waals surface area contributed by atoms with Crippen molar-refractivity contribution in [2.75, 3.05) is 6.54 Å². The van der Waals surface area contributed by atoms with E-state index in [1.807, 2.05) is 0 Å². The largest absolute Gasteiger partial charge is 0.352 e. The van der Waals surface area contributed by atoms with E-state index in [0.29, 0.717) is 12.5 Å². The third-order valence-electron chi connectivity index (χ3n) is 4.15. The lowest BCUT2D eigenvalue weighted by molar-refractivity contribution is -0.125. The van der Waals surface area contributed by atoms with E-state index in [1.54, 1.807) is 0 Å². The second kappa shape index (κ2) is 5.17. The third kappa shape index (κ3) is 2.76. The van der Waals surface area contributed by atoms with Gasteiger partial charge in [0.2, 0.25) is 5.91 Å². The Hall–Kier alpha value is -0.570. The third-order valence-corrected chi connectivity index (χ3v) is 4.15. The van der Waals surface area contributed by atoms with Gasteiger partial charge < -0.3 is 11.1 Å². The van der Waals surface area contributed by atoms with Crippen LogP contribution in [0.5, 0.6) is 0 Å². The highest BCUT2D eigenvalue weighted by molar-refractivity contribution is 5.79. The van der Waals surface area contributed by atoms with E-state index >= 15 is 0 Å². The number of carbonyl (C=O) groups excluding carboxylic acids is 1. The Balaban J connectivity index is 1.72. The van der Waals surface area contributed by atoms with Gasteiger partial charge >= 0.3 is 0 Å². The minimum Gasteiger partial charge on any atom is -0.352 e. The van der Waals surface area contributed by atoms with Gasteiger partial charge in [-0.05, 0) is 37.5 Å². The Bertz CT molecular complexity index is 244. The first-order chi connectivity index (χ1) is 7.74. The maximum Gasteiger partial charge on any atom is 0.223 e. The fourth-order valence-electron chi connectivity index (χ4n) is 2.95. The lowest BCUT2D eigenvalue weighted by Gasteiger charge is -2.19. The molecule has 1 amide bonds. The van der Waals surface area contributed by atoms with E-state index in [-0.39, 0.29) is 11.9 Å². The number of rotatable bonds is 6. The first-order valence-corrected chi connectivity index (χ1v) is 6.75. The van der Waals surface area contributed by atoms with Crippen LogP contribution in [0.2, 0.25) is 0 Å². The molecule has 3 N–H and O–H groups in total. The van der Waals surface area contributed by atoms with Crippen LogP contribution >= 0.6 is 0 Å². The van der Waals surface area contributed by atoms with E-state index in [0.717, 1.165) is 37.5 Å². The molecule has 0 aromatic carbocycles. The van der Waals surface area contributed by atoms with Gasteiger partial charge in [-0.3, -0.25) is 4.79 Å². The van der Waals surface area contributed by atoms with Crippen LogP contribution in [-0.4, -0.2) is 18.5 Å². The topological polar surface area (TPSA) is 55.1 Å². The molecule has 3 heteroatoms. The quantitative estimate of drug-likeness (QED) is 0.721. The SMILES string of the molecule is CCCCC(CN)NC(=O)C1CC2CC2C1. The number of nitrogens with one attached hydrogen (secondary N) is 1. The molecule has 16 heavy (non-hydrogen) atoms. The van der Waals surface area contributed by atoms with Gasteiger partial charge in [-0.25, -0.2) is 0 Å². The Labute approximate surface area is 98.2 Å². The molecule has 2 aliphatic carbocycles. The highest BCUT2D eigenvalue weighted by atomic mass is 16.1. The van der Waals surface area contributed by atoms with Crippen LogP contribution in [0.3, 0.4) is 0 Å². The molecule has 0 saturated heterocycles. The number of fused-ring (bicyclic) bond motifs is 1. The van der Waals surface area contributed by atoms with Crippen molar-refractivity contribution < 1.29 is 4.79 Å². The normalized spacial score (nSPS) is 33.2. The van der Waals surface area contributed by atoms with Crippen molar-refractivity contribution in [1.82, 2.24) is 5.32 Å². The molecule has 3 atom stereocenters. The predicted molar refractivity (Wildman–Crippen MR) is 64.8 cm³/mol. The Morgan fingerprint density at radius 1 is 1.38 bits per heavy atom. The fourth-order valence-corrected chi connectivity index (χ4v) is 2.95. The monoisotopic (exact) mass is 224 g/mol. The second-order valence-electron chi connectivity index (χ2n) is 5.51. The molecular weight excluding hydrogens is 200 g/mol. The van der Waals surface area contributed by atoms with Gasteiger partial charge in [-0.15, -0.1) is 0 Å². The molecule has 2 rings (SSSR count). The van der Waals surface area contributed by atoms with Gasteiger partial charge in [0, 0.05) is 18.5 Å². The average molecular weight is 224 g/mol. The minimum absolute atomic E-state index is 0.198. The molecule has 0 radical (unpaired) electrons. The van der Waals surface area contributed by atoms with Gasteiger partial charge in [0.25, 0.3) is 0 Å². The summed E-state index contributed by atoms with van der Waals surface area (Å²) in [5.74, 6) is 2.31. The number of hydrogen-bond acceptors (Lipinski definition) is 2. The van der Waals surface area contributed by atoms with Crippen LogP contribution in [0.1, 0.15) is 45.4 Å². The lowest BCUT2D eigenvalue weighted by atomic mass is 10.0. The number of hydrogen-bond donors (Lipinski definition) is 2. The summed E-state index contributed by atoms with van der Waals surface area (Å²) in [5.41, 5.74) is 5.68. The molecule has 0 aromatic heterocycles. The fraction of sp³-hybridized carbons (Fsp3) is 0.923. The van der Waals surface area contributed by atoms with Crippen molar-refractivity contribution in [2.24, 2.45) is 23.5 Å². The second-order valence-corrected chi connectivity index (χ2v) is 5.51. The number of amides is 1. The number of carbonyl (C=O) groups is 1. The molecule has 3 nitrogen and oxygen atoms in total. The van der Waals surface area contributed by atoms with Crippen molar-refractivity contribution in [3.63, 3.8) is 0 Å². The highest BCUT2D eigenvalue weighted by Crippen LogP contribution is 2.54. The summed E-state index contributed by atoms with van der Waals surface area (Å²) < 4.78 is 0. The molecule has 2 saturated carbocycles. The lowest BCUT2D eigenvalue weighted by Crippen LogP contribution is -2.42. The molecular formula is C13H24N2O. The molecule has 0 aromatic rings. The summed E-state index contributed by atoms with van der Waals surface area (Å²) in [4.78, 5) is 12.0. The van der Waals surface area contributed by atoms with Crippen LogP contribution < -0.4 is 11.1 Å². The van der Waals surface area contributed by atoms with Gasteiger partial charge in [0.05, 0.1) is 0 Å². The molecule has 0 spiro atoms. The van der Waals surface area contributed by atoms with Crippen LogP contribution in [0, 0.1) is 17.8 Å². The molecule has 0 bridgehead atoms. The van der Waals surface area contributed by atoms with Gasteiger partial charge in [-0.2, -0.15) is 0 Å². The Morgan fingerprint density at radius 3 is 2.62 bits per heavy atom. The summed E-state index contributed by atoms with van der Waals surface area (Å²) in [6.45, 7) is 2.74. The minimum atomic E-state index is 0.198. The van der Waals surface area contributed by atoms with Crippen molar-refractivity contribution in [3.8, 4) is 0 Å². The summed E-state index contributed by atoms with van der Waals surface area (Å²) in [5, 5.41) is 3.12.